The Bertz CT molecular complexity index is 202. The van der Waals surface area contributed by atoms with Crippen molar-refractivity contribution in [2.24, 2.45) is 15.7 Å². The smallest absolute Gasteiger partial charge is 0.161 e. The van der Waals surface area contributed by atoms with Gasteiger partial charge in [-0.3, -0.25) is 4.99 Å². The van der Waals surface area contributed by atoms with Gasteiger partial charge >= 0.3 is 0 Å². The molecule has 0 saturated heterocycles. The van der Waals surface area contributed by atoms with Gasteiger partial charge in [-0.1, -0.05) is 22.6 Å². The quantitative estimate of drug-likeness (QED) is 0.350. The Balaban J connectivity index is 3.69. The molecule has 0 aromatic carbocycles. The zero-order valence-electron chi connectivity index (χ0n) is 5.61. The Morgan fingerprint density at radius 2 is 2.09 bits per heavy atom. The van der Waals surface area contributed by atoms with E-state index in [0.29, 0.717) is 3.84 Å². The van der Waals surface area contributed by atoms with Crippen molar-refractivity contribution in [1.82, 2.24) is 0 Å². The molecule has 60 valence electrons. The van der Waals surface area contributed by atoms with Gasteiger partial charge in [0.05, 0.1) is 0 Å². The van der Waals surface area contributed by atoms with Crippen molar-refractivity contribution in [3.8, 4) is 0 Å². The number of hydrogen-bond acceptors (Lipinski definition) is 2. The van der Waals surface area contributed by atoms with Crippen LogP contribution < -0.4 is 5.73 Å². The van der Waals surface area contributed by atoms with Gasteiger partial charge in [0.25, 0.3) is 0 Å². The third kappa shape index (κ3) is 10.1. The van der Waals surface area contributed by atoms with Gasteiger partial charge in [-0.05, 0) is 32.7 Å². The number of hydrogen-bond donors (Lipinski definition) is 1. The summed E-state index contributed by atoms with van der Waals surface area (Å²) in [5.74, 6) is 0. The highest BCUT2D eigenvalue weighted by Gasteiger charge is 1.71. The molecule has 0 rings (SSSR count). The number of halogens is 2. The van der Waals surface area contributed by atoms with Gasteiger partial charge in [0.15, 0.2) is 3.84 Å². The zero-order valence-corrected chi connectivity index (χ0v) is 9.93. The van der Waals surface area contributed by atoms with Gasteiger partial charge in [0, 0.05) is 18.6 Å². The molecule has 0 aromatic rings. The standard InChI is InChI=1S/C6H7I2N3/c7-2-5-10-3-1-4-11-6(8)9/h1-5H,(H2,9,11)/b4-1?,5-2-,10-3?. The molecule has 0 radical (unpaired) electrons. The molecule has 0 aromatic heterocycles. The SMILES string of the molecule is NC(I)=NC=CC=N/C=C\I. The van der Waals surface area contributed by atoms with Crippen LogP contribution in [0.5, 0.6) is 0 Å². The number of nitrogens with zero attached hydrogens (tertiary/aromatic N) is 2. The molecule has 0 aliphatic rings. The van der Waals surface area contributed by atoms with Gasteiger partial charge in [-0.15, -0.1) is 0 Å². The molecule has 0 spiro atoms. The molecular weight excluding hydrogens is 368 g/mol. The first-order valence-corrected chi connectivity index (χ1v) is 5.02. The number of rotatable bonds is 3. The highest BCUT2D eigenvalue weighted by molar-refractivity contribution is 14.1. The van der Waals surface area contributed by atoms with Crippen molar-refractivity contribution in [2.45, 2.75) is 0 Å². The normalized spacial score (nSPS) is 14.2. The van der Waals surface area contributed by atoms with Gasteiger partial charge in [0.1, 0.15) is 0 Å². The minimum Gasteiger partial charge on any atom is -0.379 e. The average molecular weight is 375 g/mol. The maximum Gasteiger partial charge on any atom is 0.161 e. The zero-order chi connectivity index (χ0) is 8.53. The molecule has 0 unspecified atom stereocenters. The van der Waals surface area contributed by atoms with Crippen LogP contribution in [0.15, 0.2) is 32.5 Å². The van der Waals surface area contributed by atoms with Crippen LogP contribution in [0.2, 0.25) is 0 Å². The Labute approximate surface area is 92.8 Å². The van der Waals surface area contributed by atoms with Crippen molar-refractivity contribution in [1.29, 1.82) is 0 Å². The van der Waals surface area contributed by atoms with E-state index in [9.17, 15) is 0 Å². The van der Waals surface area contributed by atoms with Crippen LogP contribution in [-0.2, 0) is 0 Å². The Morgan fingerprint density at radius 1 is 1.36 bits per heavy atom. The summed E-state index contributed by atoms with van der Waals surface area (Å²) in [6.07, 6.45) is 6.62. The molecule has 3 nitrogen and oxygen atoms in total. The first-order valence-electron chi connectivity index (χ1n) is 2.69. The van der Waals surface area contributed by atoms with E-state index < -0.39 is 0 Å². The first-order chi connectivity index (χ1) is 5.27. The second-order valence-corrected chi connectivity index (χ2v) is 3.19. The molecular formula is C6H7I2N3. The van der Waals surface area contributed by atoms with Crippen LogP contribution >= 0.6 is 45.2 Å². The summed E-state index contributed by atoms with van der Waals surface area (Å²) < 4.78 is 2.33. The molecule has 11 heavy (non-hydrogen) atoms. The Kier molecular flexibility index (Phi) is 8.24. The highest BCUT2D eigenvalue weighted by atomic mass is 127. The minimum absolute atomic E-state index is 0.511. The Hall–Kier alpha value is 0.0800. The van der Waals surface area contributed by atoms with Gasteiger partial charge in [-0.2, -0.15) is 0 Å². The van der Waals surface area contributed by atoms with Crippen molar-refractivity contribution in [2.75, 3.05) is 0 Å². The number of aliphatic imine (C=N–C) groups is 2. The summed E-state index contributed by atoms with van der Waals surface area (Å²) in [4.78, 5) is 7.68. The number of nitrogens with two attached hydrogens (primary N) is 1. The van der Waals surface area contributed by atoms with Crippen molar-refractivity contribution in [3.63, 3.8) is 0 Å². The average Bonchev–Trinajstić information content (AvgIpc) is 1.96. The second-order valence-electron chi connectivity index (χ2n) is 1.37. The molecule has 0 saturated carbocycles. The molecule has 0 aliphatic heterocycles. The molecule has 0 fully saturated rings. The van der Waals surface area contributed by atoms with Gasteiger partial charge in [0.2, 0.25) is 0 Å². The summed E-state index contributed by atoms with van der Waals surface area (Å²) in [5, 5.41) is 0. The fraction of sp³-hybridized carbons (Fsp3) is 0. The summed E-state index contributed by atoms with van der Waals surface area (Å²) >= 11 is 4.02. The monoisotopic (exact) mass is 375 g/mol. The van der Waals surface area contributed by atoms with E-state index in [1.54, 1.807) is 24.7 Å². The highest BCUT2D eigenvalue weighted by Crippen LogP contribution is 1.84. The second kappa shape index (κ2) is 8.18. The first kappa shape index (κ1) is 11.1. The topological polar surface area (TPSA) is 50.7 Å². The largest absolute Gasteiger partial charge is 0.379 e. The predicted molar refractivity (Wildman–Crippen MR) is 66.4 cm³/mol. The maximum atomic E-state index is 5.26. The van der Waals surface area contributed by atoms with E-state index in [4.69, 9.17) is 5.73 Å². The lowest BCUT2D eigenvalue weighted by Crippen LogP contribution is -1.98. The molecule has 0 aliphatic carbocycles. The van der Waals surface area contributed by atoms with E-state index in [0.717, 1.165) is 0 Å². The van der Waals surface area contributed by atoms with Crippen LogP contribution in [0.4, 0.5) is 0 Å². The molecule has 0 atom stereocenters. The van der Waals surface area contributed by atoms with E-state index in [-0.39, 0.29) is 0 Å². The maximum absolute atomic E-state index is 5.26. The summed E-state index contributed by atoms with van der Waals surface area (Å²) in [5.41, 5.74) is 5.26. The van der Waals surface area contributed by atoms with Crippen molar-refractivity contribution in [3.05, 3.63) is 22.6 Å². The third-order valence-electron chi connectivity index (χ3n) is 0.598. The van der Waals surface area contributed by atoms with E-state index in [2.05, 4.69) is 32.6 Å². The molecule has 0 amide bonds. The van der Waals surface area contributed by atoms with E-state index in [1.807, 2.05) is 26.7 Å². The summed E-state index contributed by atoms with van der Waals surface area (Å²) in [6, 6.07) is 0. The molecule has 0 heterocycles. The third-order valence-corrected chi connectivity index (χ3v) is 1.20. The predicted octanol–water partition coefficient (Wildman–Crippen LogP) is 2.23. The lowest BCUT2D eigenvalue weighted by Gasteiger charge is -1.78. The van der Waals surface area contributed by atoms with Crippen LogP contribution in [0.25, 0.3) is 0 Å². The van der Waals surface area contributed by atoms with E-state index in [1.165, 1.54) is 0 Å². The fourth-order valence-electron chi connectivity index (χ4n) is 0.285. The molecule has 0 bridgehead atoms. The summed E-state index contributed by atoms with van der Waals surface area (Å²) in [7, 11) is 0. The van der Waals surface area contributed by atoms with Crippen LogP contribution in [0, 0.1) is 0 Å². The van der Waals surface area contributed by atoms with Gasteiger partial charge in [-0.25, -0.2) is 4.99 Å². The van der Waals surface area contributed by atoms with Crippen molar-refractivity contribution < 1.29 is 0 Å². The van der Waals surface area contributed by atoms with Crippen LogP contribution in [-0.4, -0.2) is 10.1 Å². The fourth-order valence-corrected chi connectivity index (χ4v) is 0.631. The number of allylic oxidation sites excluding steroid dienone is 1. The van der Waals surface area contributed by atoms with E-state index >= 15 is 0 Å². The molecule has 2 N–H and O–H groups in total. The lowest BCUT2D eigenvalue weighted by atomic mass is 10.6. The number of amidine groups is 1. The summed E-state index contributed by atoms with van der Waals surface area (Å²) in [6.45, 7) is 0. The molecule has 5 heteroatoms. The Morgan fingerprint density at radius 3 is 2.64 bits per heavy atom. The van der Waals surface area contributed by atoms with Crippen LogP contribution in [0.3, 0.4) is 0 Å². The van der Waals surface area contributed by atoms with Crippen molar-refractivity contribution >= 4 is 55.2 Å². The van der Waals surface area contributed by atoms with Gasteiger partial charge < -0.3 is 5.73 Å². The minimum atomic E-state index is 0.511. The lowest BCUT2D eigenvalue weighted by molar-refractivity contribution is 1.55. The van der Waals surface area contributed by atoms with Crippen LogP contribution in [0.1, 0.15) is 0 Å².